The van der Waals surface area contributed by atoms with E-state index in [2.05, 4.69) is 10.6 Å². The molecule has 2 aromatic rings. The van der Waals surface area contributed by atoms with E-state index in [0.29, 0.717) is 6.07 Å². The Balaban J connectivity index is 2.32. The molecular formula is C16H13F3N2O3. The number of halogens is 3. The second kappa shape index (κ2) is 7.03. The number of carbonyl (C=O) groups excluding carboxylic acids is 2. The maximum Gasteiger partial charge on any atom is 0.258 e. The van der Waals surface area contributed by atoms with Crippen molar-refractivity contribution in [1.82, 2.24) is 5.32 Å². The summed E-state index contributed by atoms with van der Waals surface area (Å²) in [5, 5.41) is 4.75. The van der Waals surface area contributed by atoms with Gasteiger partial charge in [-0.25, -0.2) is 13.2 Å². The predicted molar refractivity (Wildman–Crippen MR) is 80.7 cm³/mol. The first-order valence-electron chi connectivity index (χ1n) is 6.74. The molecule has 0 atom stereocenters. The van der Waals surface area contributed by atoms with Crippen molar-refractivity contribution in [2.24, 2.45) is 0 Å². The highest BCUT2D eigenvalue weighted by molar-refractivity contribution is 6.05. The number of ether oxygens (including phenoxy) is 1. The molecule has 0 radical (unpaired) electrons. The third-order valence-electron chi connectivity index (χ3n) is 3.22. The molecule has 5 nitrogen and oxygen atoms in total. The fraction of sp³-hybridized carbons (Fsp3) is 0.125. The first-order chi connectivity index (χ1) is 11.4. The van der Waals surface area contributed by atoms with Crippen LogP contribution in [0.3, 0.4) is 0 Å². The van der Waals surface area contributed by atoms with Crippen LogP contribution in [0.25, 0.3) is 0 Å². The molecule has 0 unspecified atom stereocenters. The van der Waals surface area contributed by atoms with E-state index in [4.69, 9.17) is 4.74 Å². The molecule has 24 heavy (non-hydrogen) atoms. The summed E-state index contributed by atoms with van der Waals surface area (Å²) >= 11 is 0. The standard InChI is InChI=1S/C16H13F3N2O3/c1-20-15(22)8-3-6-11(12(7-8)24-2)21-16(23)9-4-5-10(17)14(19)13(9)18/h3-7H,1-2H3,(H,20,22)(H,21,23). The minimum atomic E-state index is -1.73. The van der Waals surface area contributed by atoms with Crippen molar-refractivity contribution in [3.8, 4) is 5.75 Å². The van der Waals surface area contributed by atoms with E-state index in [1.54, 1.807) is 0 Å². The maximum atomic E-state index is 13.7. The van der Waals surface area contributed by atoms with Crippen molar-refractivity contribution in [2.45, 2.75) is 0 Å². The summed E-state index contributed by atoms with van der Waals surface area (Å²) in [4.78, 5) is 23.6. The third kappa shape index (κ3) is 3.32. The Morgan fingerprint density at radius 3 is 2.33 bits per heavy atom. The molecule has 2 rings (SSSR count). The van der Waals surface area contributed by atoms with E-state index in [9.17, 15) is 22.8 Å². The summed E-state index contributed by atoms with van der Waals surface area (Å²) in [7, 11) is 2.77. The summed E-state index contributed by atoms with van der Waals surface area (Å²) in [6.07, 6.45) is 0. The Labute approximate surface area is 135 Å². The summed E-state index contributed by atoms with van der Waals surface area (Å²) in [6, 6.07) is 5.64. The fourth-order valence-electron chi connectivity index (χ4n) is 1.97. The Bertz CT molecular complexity index is 809. The topological polar surface area (TPSA) is 67.4 Å². The number of hydrogen-bond acceptors (Lipinski definition) is 3. The van der Waals surface area contributed by atoms with Crippen LogP contribution in [0.5, 0.6) is 5.75 Å². The Kier molecular flexibility index (Phi) is 5.08. The van der Waals surface area contributed by atoms with Gasteiger partial charge in [0.25, 0.3) is 11.8 Å². The molecule has 8 heteroatoms. The molecule has 0 fully saturated rings. The highest BCUT2D eigenvalue weighted by Gasteiger charge is 2.20. The van der Waals surface area contributed by atoms with Crippen LogP contribution in [0, 0.1) is 17.5 Å². The molecule has 0 aliphatic heterocycles. The second-order valence-corrected chi connectivity index (χ2v) is 4.67. The first-order valence-corrected chi connectivity index (χ1v) is 6.74. The van der Waals surface area contributed by atoms with Crippen molar-refractivity contribution < 1.29 is 27.5 Å². The average molecular weight is 338 g/mol. The number of hydrogen-bond donors (Lipinski definition) is 2. The summed E-state index contributed by atoms with van der Waals surface area (Å²) in [5.41, 5.74) is -0.239. The van der Waals surface area contributed by atoms with Crippen LogP contribution in [0.2, 0.25) is 0 Å². The number of rotatable bonds is 4. The zero-order valence-electron chi connectivity index (χ0n) is 12.7. The average Bonchev–Trinajstić information content (AvgIpc) is 2.59. The zero-order chi connectivity index (χ0) is 17.9. The van der Waals surface area contributed by atoms with Crippen molar-refractivity contribution >= 4 is 17.5 Å². The number of amides is 2. The lowest BCUT2D eigenvalue weighted by Crippen LogP contribution is -2.19. The van der Waals surface area contributed by atoms with Crippen LogP contribution in [0.1, 0.15) is 20.7 Å². The van der Waals surface area contributed by atoms with E-state index in [1.807, 2.05) is 0 Å². The van der Waals surface area contributed by atoms with Gasteiger partial charge >= 0.3 is 0 Å². The highest BCUT2D eigenvalue weighted by Crippen LogP contribution is 2.27. The largest absolute Gasteiger partial charge is 0.495 e. The highest BCUT2D eigenvalue weighted by atomic mass is 19.2. The van der Waals surface area contributed by atoms with E-state index in [-0.39, 0.29) is 22.9 Å². The number of nitrogens with one attached hydrogen (secondary N) is 2. The van der Waals surface area contributed by atoms with Crippen LogP contribution < -0.4 is 15.4 Å². The maximum absolute atomic E-state index is 13.7. The quantitative estimate of drug-likeness (QED) is 0.843. The number of methoxy groups -OCH3 is 1. The molecule has 2 aromatic carbocycles. The molecule has 0 heterocycles. The lowest BCUT2D eigenvalue weighted by Gasteiger charge is -2.12. The lowest BCUT2D eigenvalue weighted by molar-refractivity contribution is 0.0962. The number of carbonyl (C=O) groups is 2. The second-order valence-electron chi connectivity index (χ2n) is 4.67. The molecule has 0 saturated heterocycles. The zero-order valence-corrected chi connectivity index (χ0v) is 12.7. The molecule has 0 spiro atoms. The summed E-state index contributed by atoms with van der Waals surface area (Å²) in [5.74, 6) is -5.92. The first kappa shape index (κ1) is 17.3. The Hall–Kier alpha value is -3.03. The predicted octanol–water partition coefficient (Wildman–Crippen LogP) is 2.72. The minimum absolute atomic E-state index is 0.138. The molecule has 0 aliphatic rings. The molecule has 126 valence electrons. The van der Waals surface area contributed by atoms with Gasteiger partial charge in [-0.15, -0.1) is 0 Å². The van der Waals surface area contributed by atoms with Crippen LogP contribution in [0.15, 0.2) is 30.3 Å². The van der Waals surface area contributed by atoms with E-state index < -0.39 is 28.9 Å². The van der Waals surface area contributed by atoms with Crippen LogP contribution in [-0.4, -0.2) is 26.0 Å². The van der Waals surface area contributed by atoms with E-state index in [0.717, 1.165) is 6.07 Å². The summed E-state index contributed by atoms with van der Waals surface area (Å²) < 4.78 is 44.9. The van der Waals surface area contributed by atoms with Gasteiger partial charge in [-0.05, 0) is 30.3 Å². The summed E-state index contributed by atoms with van der Waals surface area (Å²) in [6.45, 7) is 0. The molecule has 0 aliphatic carbocycles. The van der Waals surface area contributed by atoms with Gasteiger partial charge in [-0.1, -0.05) is 0 Å². The van der Waals surface area contributed by atoms with Gasteiger partial charge in [-0.2, -0.15) is 0 Å². The number of benzene rings is 2. The fourth-order valence-corrected chi connectivity index (χ4v) is 1.97. The normalized spacial score (nSPS) is 10.2. The number of anilines is 1. The SMILES string of the molecule is CNC(=O)c1ccc(NC(=O)c2ccc(F)c(F)c2F)c(OC)c1. The van der Waals surface area contributed by atoms with Crippen molar-refractivity contribution in [3.63, 3.8) is 0 Å². The van der Waals surface area contributed by atoms with E-state index in [1.165, 1.54) is 32.4 Å². The Morgan fingerprint density at radius 2 is 1.71 bits per heavy atom. The van der Waals surface area contributed by atoms with Gasteiger partial charge in [0.2, 0.25) is 0 Å². The molecular weight excluding hydrogens is 325 g/mol. The molecule has 2 amide bonds. The Morgan fingerprint density at radius 1 is 1.00 bits per heavy atom. The molecule has 0 saturated carbocycles. The minimum Gasteiger partial charge on any atom is -0.495 e. The smallest absolute Gasteiger partial charge is 0.258 e. The van der Waals surface area contributed by atoms with Crippen molar-refractivity contribution in [2.75, 3.05) is 19.5 Å². The van der Waals surface area contributed by atoms with Gasteiger partial charge in [-0.3, -0.25) is 9.59 Å². The van der Waals surface area contributed by atoms with Gasteiger partial charge in [0.05, 0.1) is 18.4 Å². The van der Waals surface area contributed by atoms with Crippen molar-refractivity contribution in [1.29, 1.82) is 0 Å². The molecule has 0 aromatic heterocycles. The van der Waals surface area contributed by atoms with Gasteiger partial charge in [0.1, 0.15) is 5.75 Å². The van der Waals surface area contributed by atoms with Crippen LogP contribution in [0.4, 0.5) is 18.9 Å². The lowest BCUT2D eigenvalue weighted by atomic mass is 10.1. The molecule has 0 bridgehead atoms. The van der Waals surface area contributed by atoms with E-state index >= 15 is 0 Å². The molecule has 2 N–H and O–H groups in total. The van der Waals surface area contributed by atoms with Gasteiger partial charge < -0.3 is 15.4 Å². The van der Waals surface area contributed by atoms with Gasteiger partial charge in [0.15, 0.2) is 17.5 Å². The monoisotopic (exact) mass is 338 g/mol. The van der Waals surface area contributed by atoms with Gasteiger partial charge in [0, 0.05) is 12.6 Å². The third-order valence-corrected chi connectivity index (χ3v) is 3.22. The van der Waals surface area contributed by atoms with Crippen LogP contribution >= 0.6 is 0 Å². The van der Waals surface area contributed by atoms with Crippen LogP contribution in [-0.2, 0) is 0 Å². The van der Waals surface area contributed by atoms with Crippen molar-refractivity contribution in [3.05, 3.63) is 58.9 Å².